The van der Waals surface area contributed by atoms with E-state index in [0.717, 1.165) is 12.8 Å². The van der Waals surface area contributed by atoms with Crippen LogP contribution in [0.25, 0.3) is 0 Å². The van der Waals surface area contributed by atoms with Crippen molar-refractivity contribution >= 4 is 5.97 Å². The van der Waals surface area contributed by atoms with Crippen molar-refractivity contribution in [1.82, 2.24) is 0 Å². The van der Waals surface area contributed by atoms with Crippen LogP contribution in [0.3, 0.4) is 0 Å². The van der Waals surface area contributed by atoms with Gasteiger partial charge in [-0.15, -0.1) is 0 Å². The SMILES string of the molecule is C=CC(=O)OCCCCCCCC/C=C/CCCCCCCC. The van der Waals surface area contributed by atoms with Crippen molar-refractivity contribution < 1.29 is 9.53 Å². The van der Waals surface area contributed by atoms with E-state index < -0.39 is 0 Å². The number of allylic oxidation sites excluding steroid dienone is 2. The summed E-state index contributed by atoms with van der Waals surface area (Å²) in [4.78, 5) is 10.8. The van der Waals surface area contributed by atoms with Gasteiger partial charge in [0.25, 0.3) is 0 Å². The van der Waals surface area contributed by atoms with Crippen LogP contribution in [0.1, 0.15) is 96.8 Å². The van der Waals surface area contributed by atoms with Crippen molar-refractivity contribution in [1.29, 1.82) is 0 Å². The van der Waals surface area contributed by atoms with Crippen LogP contribution in [0.2, 0.25) is 0 Å². The van der Waals surface area contributed by atoms with Crippen LogP contribution in [0, 0.1) is 0 Å². The molecular weight excluding hydrogens is 284 g/mol. The molecule has 0 saturated carbocycles. The number of carbonyl (C=O) groups is 1. The molecule has 23 heavy (non-hydrogen) atoms. The lowest BCUT2D eigenvalue weighted by Crippen LogP contribution is -2.01. The fourth-order valence-corrected chi connectivity index (χ4v) is 2.58. The largest absolute Gasteiger partial charge is 0.463 e. The first-order valence-corrected chi connectivity index (χ1v) is 9.75. The van der Waals surface area contributed by atoms with Crippen LogP contribution in [-0.4, -0.2) is 12.6 Å². The fourth-order valence-electron chi connectivity index (χ4n) is 2.58. The van der Waals surface area contributed by atoms with E-state index in [0.29, 0.717) is 6.61 Å². The molecule has 0 heterocycles. The van der Waals surface area contributed by atoms with Crippen LogP contribution in [0.5, 0.6) is 0 Å². The molecule has 0 spiro atoms. The van der Waals surface area contributed by atoms with Gasteiger partial charge in [-0.25, -0.2) is 4.79 Å². The zero-order valence-electron chi connectivity index (χ0n) is 15.4. The molecule has 0 fully saturated rings. The fraction of sp³-hybridized carbons (Fsp3) is 0.762. The number of rotatable bonds is 17. The quantitative estimate of drug-likeness (QED) is 0.128. The molecule has 0 aromatic carbocycles. The Hall–Kier alpha value is -1.05. The summed E-state index contributed by atoms with van der Waals surface area (Å²) in [6.07, 6.45) is 24.0. The van der Waals surface area contributed by atoms with Crippen LogP contribution in [0.15, 0.2) is 24.8 Å². The Labute approximate surface area is 144 Å². The molecule has 0 N–H and O–H groups in total. The van der Waals surface area contributed by atoms with Gasteiger partial charge in [-0.2, -0.15) is 0 Å². The van der Waals surface area contributed by atoms with E-state index in [4.69, 9.17) is 4.74 Å². The second-order valence-electron chi connectivity index (χ2n) is 6.31. The van der Waals surface area contributed by atoms with Crippen LogP contribution < -0.4 is 0 Å². The first-order chi connectivity index (χ1) is 11.3. The molecule has 0 aromatic rings. The molecule has 0 aromatic heterocycles. The molecule has 0 saturated heterocycles. The van der Waals surface area contributed by atoms with Gasteiger partial charge in [-0.05, 0) is 32.1 Å². The molecule has 0 rings (SSSR count). The molecule has 134 valence electrons. The van der Waals surface area contributed by atoms with Gasteiger partial charge in [-0.3, -0.25) is 0 Å². The van der Waals surface area contributed by atoms with Crippen molar-refractivity contribution in [3.63, 3.8) is 0 Å². The van der Waals surface area contributed by atoms with Gasteiger partial charge in [0.05, 0.1) is 6.61 Å². The Bertz CT molecular complexity index is 294. The molecule has 0 bridgehead atoms. The number of unbranched alkanes of at least 4 members (excludes halogenated alkanes) is 12. The van der Waals surface area contributed by atoms with Crippen LogP contribution in [-0.2, 0) is 9.53 Å². The molecule has 0 amide bonds. The average molecular weight is 323 g/mol. The lowest BCUT2D eigenvalue weighted by atomic mass is 10.1. The zero-order valence-corrected chi connectivity index (χ0v) is 15.4. The van der Waals surface area contributed by atoms with Crippen LogP contribution >= 0.6 is 0 Å². The molecular formula is C21H38O2. The van der Waals surface area contributed by atoms with Gasteiger partial charge >= 0.3 is 5.97 Å². The average Bonchev–Trinajstić information content (AvgIpc) is 2.57. The number of ether oxygens (including phenoxy) is 1. The molecule has 0 aliphatic carbocycles. The molecule has 0 atom stereocenters. The lowest BCUT2D eigenvalue weighted by molar-refractivity contribution is -0.137. The Morgan fingerprint density at radius 3 is 1.78 bits per heavy atom. The van der Waals surface area contributed by atoms with E-state index in [1.54, 1.807) is 0 Å². The summed E-state index contributed by atoms with van der Waals surface area (Å²) in [5.41, 5.74) is 0. The van der Waals surface area contributed by atoms with E-state index >= 15 is 0 Å². The Kier molecular flexibility index (Phi) is 18.1. The normalized spacial score (nSPS) is 11.0. The highest BCUT2D eigenvalue weighted by Crippen LogP contribution is 2.09. The van der Waals surface area contributed by atoms with Gasteiger partial charge < -0.3 is 4.74 Å². The minimum Gasteiger partial charge on any atom is -0.463 e. The minimum atomic E-state index is -0.308. The standard InChI is InChI=1S/C21H38O2/c1-3-5-6-7-8-9-10-11-12-13-14-15-16-17-18-19-20-23-21(22)4-2/h4,11-12H,2-3,5-10,13-20H2,1H3/b12-11+. The second kappa shape index (κ2) is 19.0. The Balaban J connectivity index is 3.10. The summed E-state index contributed by atoms with van der Waals surface area (Å²) >= 11 is 0. The first-order valence-electron chi connectivity index (χ1n) is 9.75. The van der Waals surface area contributed by atoms with Crippen LogP contribution in [0.4, 0.5) is 0 Å². The van der Waals surface area contributed by atoms with E-state index in [2.05, 4.69) is 25.7 Å². The third kappa shape index (κ3) is 18.9. The molecule has 2 heteroatoms. The Morgan fingerprint density at radius 1 is 0.783 bits per heavy atom. The van der Waals surface area contributed by atoms with Gasteiger partial charge in [-0.1, -0.05) is 83.4 Å². The monoisotopic (exact) mass is 322 g/mol. The first kappa shape index (κ1) is 21.9. The second-order valence-corrected chi connectivity index (χ2v) is 6.31. The summed E-state index contributed by atoms with van der Waals surface area (Å²) in [5, 5.41) is 0. The number of esters is 1. The predicted molar refractivity (Wildman–Crippen MR) is 101 cm³/mol. The smallest absolute Gasteiger partial charge is 0.330 e. The highest BCUT2D eigenvalue weighted by molar-refractivity contribution is 5.81. The van der Waals surface area contributed by atoms with Crippen molar-refractivity contribution in [3.8, 4) is 0 Å². The summed E-state index contributed by atoms with van der Waals surface area (Å²) in [7, 11) is 0. The third-order valence-electron chi connectivity index (χ3n) is 4.07. The van der Waals surface area contributed by atoms with E-state index in [9.17, 15) is 4.79 Å². The minimum absolute atomic E-state index is 0.308. The summed E-state index contributed by atoms with van der Waals surface area (Å²) in [5.74, 6) is -0.308. The topological polar surface area (TPSA) is 26.3 Å². The predicted octanol–water partition coefficient (Wildman–Crippen LogP) is 6.75. The van der Waals surface area contributed by atoms with Gasteiger partial charge in [0.2, 0.25) is 0 Å². The summed E-state index contributed by atoms with van der Waals surface area (Å²) in [6, 6.07) is 0. The van der Waals surface area contributed by atoms with Crippen molar-refractivity contribution in [2.24, 2.45) is 0 Å². The maximum atomic E-state index is 10.8. The molecule has 0 aliphatic heterocycles. The number of hydrogen-bond donors (Lipinski definition) is 0. The Morgan fingerprint density at radius 2 is 1.26 bits per heavy atom. The highest BCUT2D eigenvalue weighted by Gasteiger charge is 1.95. The van der Waals surface area contributed by atoms with E-state index in [1.807, 2.05) is 0 Å². The van der Waals surface area contributed by atoms with Crippen molar-refractivity contribution in [3.05, 3.63) is 24.8 Å². The highest BCUT2D eigenvalue weighted by atomic mass is 16.5. The maximum absolute atomic E-state index is 10.8. The van der Waals surface area contributed by atoms with Gasteiger partial charge in [0, 0.05) is 6.08 Å². The molecule has 0 unspecified atom stereocenters. The van der Waals surface area contributed by atoms with Gasteiger partial charge in [0.1, 0.15) is 0 Å². The molecule has 0 radical (unpaired) electrons. The van der Waals surface area contributed by atoms with E-state index in [1.165, 1.54) is 83.1 Å². The molecule has 0 aliphatic rings. The summed E-state index contributed by atoms with van der Waals surface area (Å²) < 4.78 is 4.94. The summed E-state index contributed by atoms with van der Waals surface area (Å²) in [6.45, 7) is 6.18. The van der Waals surface area contributed by atoms with Crippen molar-refractivity contribution in [2.45, 2.75) is 96.8 Å². The molecule has 2 nitrogen and oxygen atoms in total. The number of hydrogen-bond acceptors (Lipinski definition) is 2. The van der Waals surface area contributed by atoms with Crippen molar-refractivity contribution in [2.75, 3.05) is 6.61 Å². The lowest BCUT2D eigenvalue weighted by Gasteiger charge is -2.02. The zero-order chi connectivity index (χ0) is 17.0. The third-order valence-corrected chi connectivity index (χ3v) is 4.07. The maximum Gasteiger partial charge on any atom is 0.330 e. The van der Waals surface area contributed by atoms with E-state index in [-0.39, 0.29) is 5.97 Å². The number of carbonyl (C=O) groups excluding carboxylic acids is 1. The van der Waals surface area contributed by atoms with Gasteiger partial charge in [0.15, 0.2) is 0 Å².